The molecule has 1 saturated carbocycles. The van der Waals surface area contributed by atoms with Gasteiger partial charge in [-0.15, -0.1) is 0 Å². The number of unbranched alkanes of at least 4 members (excludes halogenated alkanes) is 10. The van der Waals surface area contributed by atoms with Gasteiger partial charge in [-0.2, -0.15) is 12.6 Å². The summed E-state index contributed by atoms with van der Waals surface area (Å²) in [4.78, 5) is 12.0. The first-order valence-electron chi connectivity index (χ1n) is 11.1. The number of ether oxygens (including phenoxy) is 1. The van der Waals surface area contributed by atoms with Gasteiger partial charge in [-0.25, -0.2) is 0 Å². The van der Waals surface area contributed by atoms with Gasteiger partial charge in [0.15, 0.2) is 0 Å². The van der Waals surface area contributed by atoms with Crippen LogP contribution in [0.4, 0.5) is 0 Å². The Bertz CT molecular complexity index is 309. The predicted octanol–water partition coefficient (Wildman–Crippen LogP) is 7.25. The minimum atomic E-state index is 0.0314. The third-order valence-electron chi connectivity index (χ3n) is 5.41. The molecule has 3 heteroatoms. The summed E-state index contributed by atoms with van der Waals surface area (Å²) in [6, 6.07) is 0. The molecule has 0 aromatic rings. The van der Waals surface area contributed by atoms with Gasteiger partial charge in [0.2, 0.25) is 0 Å². The normalized spacial score (nSPS) is 21.5. The Kier molecular flexibility index (Phi) is 14.7. The second-order valence-corrected chi connectivity index (χ2v) is 8.64. The van der Waals surface area contributed by atoms with Crippen molar-refractivity contribution in [2.45, 2.75) is 134 Å². The number of carbonyl (C=O) groups is 1. The molecule has 0 heterocycles. The lowest BCUT2D eigenvalue weighted by atomic mass is 9.98. The number of esters is 1. The lowest BCUT2D eigenvalue weighted by molar-refractivity contribution is -0.150. The van der Waals surface area contributed by atoms with Crippen LogP contribution in [0.1, 0.15) is 122 Å². The van der Waals surface area contributed by atoms with Gasteiger partial charge in [0, 0.05) is 11.7 Å². The van der Waals surface area contributed by atoms with Crippen LogP contribution in [0.3, 0.4) is 0 Å². The van der Waals surface area contributed by atoms with Crippen LogP contribution in [0.5, 0.6) is 0 Å². The van der Waals surface area contributed by atoms with Crippen LogP contribution in [0, 0.1) is 0 Å². The maximum Gasteiger partial charge on any atom is 0.306 e. The summed E-state index contributed by atoms with van der Waals surface area (Å²) >= 11 is 4.58. The molecule has 148 valence electrons. The topological polar surface area (TPSA) is 26.3 Å². The number of hydrogen-bond acceptors (Lipinski definition) is 3. The standard InChI is InChI=1S/C22H42O2S/c1-2-3-4-5-6-7-8-9-10-11-12-19-22(23)24-20-15-13-17-21(25)18-14-16-20/h20-21,25H,2-19H2,1H3. The summed E-state index contributed by atoms with van der Waals surface area (Å²) in [6.45, 7) is 2.27. The van der Waals surface area contributed by atoms with Gasteiger partial charge in [-0.1, -0.05) is 71.1 Å². The average molecular weight is 371 g/mol. The van der Waals surface area contributed by atoms with E-state index in [-0.39, 0.29) is 12.1 Å². The Morgan fingerprint density at radius 3 is 1.80 bits per heavy atom. The number of rotatable bonds is 13. The van der Waals surface area contributed by atoms with Crippen LogP contribution in [0.25, 0.3) is 0 Å². The van der Waals surface area contributed by atoms with Gasteiger partial charge in [0.1, 0.15) is 6.10 Å². The number of carbonyl (C=O) groups excluding carboxylic acids is 1. The third-order valence-corrected chi connectivity index (χ3v) is 5.93. The van der Waals surface area contributed by atoms with Crippen molar-refractivity contribution in [3.05, 3.63) is 0 Å². The van der Waals surface area contributed by atoms with Crippen LogP contribution < -0.4 is 0 Å². The molecular formula is C22H42O2S. The van der Waals surface area contributed by atoms with E-state index in [0.717, 1.165) is 44.9 Å². The molecule has 0 bridgehead atoms. The number of thiol groups is 1. The maximum absolute atomic E-state index is 12.0. The molecule has 1 aliphatic carbocycles. The van der Waals surface area contributed by atoms with Crippen LogP contribution in [0.15, 0.2) is 0 Å². The summed E-state index contributed by atoms with van der Waals surface area (Å²) in [5, 5.41) is 0.549. The largest absolute Gasteiger partial charge is 0.462 e. The molecule has 0 aliphatic heterocycles. The van der Waals surface area contributed by atoms with Gasteiger partial charge in [-0.3, -0.25) is 4.79 Å². The van der Waals surface area contributed by atoms with Gasteiger partial charge in [0.25, 0.3) is 0 Å². The van der Waals surface area contributed by atoms with Crippen LogP contribution in [0.2, 0.25) is 0 Å². The second-order valence-electron chi connectivity index (χ2n) is 7.91. The Labute approximate surface area is 162 Å². The quantitative estimate of drug-likeness (QED) is 0.210. The summed E-state index contributed by atoms with van der Waals surface area (Å²) in [7, 11) is 0. The van der Waals surface area contributed by atoms with Crippen molar-refractivity contribution in [1.29, 1.82) is 0 Å². The SMILES string of the molecule is CCCCCCCCCCCCCC(=O)OC1CCCC(S)CCC1. The van der Waals surface area contributed by atoms with Crippen molar-refractivity contribution >= 4 is 18.6 Å². The molecule has 0 amide bonds. The fraction of sp³-hybridized carbons (Fsp3) is 0.955. The smallest absolute Gasteiger partial charge is 0.306 e. The van der Waals surface area contributed by atoms with E-state index in [1.165, 1.54) is 64.2 Å². The zero-order valence-electron chi connectivity index (χ0n) is 16.6. The van der Waals surface area contributed by atoms with E-state index in [4.69, 9.17) is 4.74 Å². The summed E-state index contributed by atoms with van der Waals surface area (Å²) in [5.41, 5.74) is 0. The van der Waals surface area contributed by atoms with E-state index in [2.05, 4.69) is 19.6 Å². The third kappa shape index (κ3) is 13.7. The molecule has 0 atom stereocenters. The highest BCUT2D eigenvalue weighted by Crippen LogP contribution is 2.23. The molecule has 1 fully saturated rings. The minimum Gasteiger partial charge on any atom is -0.462 e. The van der Waals surface area contributed by atoms with Crippen molar-refractivity contribution in [2.75, 3.05) is 0 Å². The fourth-order valence-electron chi connectivity index (χ4n) is 3.75. The lowest BCUT2D eigenvalue weighted by Gasteiger charge is -2.22. The molecule has 0 N–H and O–H groups in total. The average Bonchev–Trinajstić information content (AvgIpc) is 2.57. The van der Waals surface area contributed by atoms with Crippen molar-refractivity contribution in [3.63, 3.8) is 0 Å². The molecule has 0 aromatic heterocycles. The van der Waals surface area contributed by atoms with Gasteiger partial charge < -0.3 is 4.74 Å². The molecule has 0 spiro atoms. The predicted molar refractivity (Wildman–Crippen MR) is 111 cm³/mol. The van der Waals surface area contributed by atoms with Crippen LogP contribution >= 0.6 is 12.6 Å². The molecule has 1 rings (SSSR count). The molecule has 2 nitrogen and oxygen atoms in total. The van der Waals surface area contributed by atoms with E-state index in [1.807, 2.05) is 0 Å². The maximum atomic E-state index is 12.0. The van der Waals surface area contributed by atoms with Gasteiger partial charge in [-0.05, 0) is 44.9 Å². The monoisotopic (exact) mass is 370 g/mol. The molecule has 1 aliphatic rings. The summed E-state index contributed by atoms with van der Waals surface area (Å²) in [6.07, 6.45) is 21.9. The first kappa shape index (κ1) is 22.9. The Morgan fingerprint density at radius 2 is 1.28 bits per heavy atom. The molecule has 0 radical (unpaired) electrons. The number of hydrogen-bond donors (Lipinski definition) is 1. The highest BCUT2D eigenvalue weighted by Gasteiger charge is 2.18. The molecule has 0 aromatic carbocycles. The molecular weight excluding hydrogens is 328 g/mol. The second kappa shape index (κ2) is 16.0. The molecule has 0 unspecified atom stereocenters. The van der Waals surface area contributed by atoms with Crippen molar-refractivity contribution in [3.8, 4) is 0 Å². The first-order chi connectivity index (χ1) is 12.2. The van der Waals surface area contributed by atoms with Gasteiger partial charge in [0.05, 0.1) is 0 Å². The van der Waals surface area contributed by atoms with E-state index in [0.29, 0.717) is 11.7 Å². The summed E-state index contributed by atoms with van der Waals surface area (Å²) < 4.78 is 5.69. The Balaban J connectivity index is 1.90. The van der Waals surface area contributed by atoms with E-state index >= 15 is 0 Å². The minimum absolute atomic E-state index is 0.0314. The Hall–Kier alpha value is -0.180. The molecule has 25 heavy (non-hydrogen) atoms. The van der Waals surface area contributed by atoms with Crippen molar-refractivity contribution < 1.29 is 9.53 Å². The molecule has 0 saturated heterocycles. The van der Waals surface area contributed by atoms with Crippen molar-refractivity contribution in [2.24, 2.45) is 0 Å². The van der Waals surface area contributed by atoms with Crippen molar-refractivity contribution in [1.82, 2.24) is 0 Å². The van der Waals surface area contributed by atoms with E-state index in [1.54, 1.807) is 0 Å². The zero-order chi connectivity index (χ0) is 18.2. The van der Waals surface area contributed by atoms with Gasteiger partial charge >= 0.3 is 5.97 Å². The lowest BCUT2D eigenvalue weighted by Crippen LogP contribution is -2.20. The highest BCUT2D eigenvalue weighted by atomic mass is 32.1. The zero-order valence-corrected chi connectivity index (χ0v) is 17.5. The summed E-state index contributed by atoms with van der Waals surface area (Å²) in [5.74, 6) is 0.0314. The van der Waals surface area contributed by atoms with Crippen LogP contribution in [-0.4, -0.2) is 17.3 Å². The van der Waals surface area contributed by atoms with E-state index < -0.39 is 0 Å². The first-order valence-corrected chi connectivity index (χ1v) is 11.6. The van der Waals surface area contributed by atoms with E-state index in [9.17, 15) is 4.79 Å². The Morgan fingerprint density at radius 1 is 0.800 bits per heavy atom. The highest BCUT2D eigenvalue weighted by molar-refractivity contribution is 7.80. The van der Waals surface area contributed by atoms with Crippen LogP contribution in [-0.2, 0) is 9.53 Å². The fourth-order valence-corrected chi connectivity index (χ4v) is 4.11.